The van der Waals surface area contributed by atoms with Gasteiger partial charge in [0.2, 0.25) is 0 Å². The van der Waals surface area contributed by atoms with Crippen molar-refractivity contribution in [1.29, 1.82) is 0 Å². The van der Waals surface area contributed by atoms with E-state index in [9.17, 15) is 4.79 Å². The molecular weight excluding hydrogens is 222 g/mol. The summed E-state index contributed by atoms with van der Waals surface area (Å²) in [5, 5.41) is 16.1. The standard InChI is InChI=1S/C12H11NO2S/c1-8-6-9(2-3-11(8)12(14)15)13-10-4-5-16-7-10/h2-7,13H,1H3,(H,14,15). The minimum absolute atomic E-state index is 0.343. The zero-order chi connectivity index (χ0) is 11.5. The van der Waals surface area contributed by atoms with E-state index in [1.807, 2.05) is 22.9 Å². The molecule has 3 nitrogen and oxygen atoms in total. The van der Waals surface area contributed by atoms with E-state index in [2.05, 4.69) is 5.32 Å². The van der Waals surface area contributed by atoms with Gasteiger partial charge < -0.3 is 10.4 Å². The summed E-state index contributed by atoms with van der Waals surface area (Å²) in [6.07, 6.45) is 0. The summed E-state index contributed by atoms with van der Waals surface area (Å²) in [5.74, 6) is -0.889. The van der Waals surface area contributed by atoms with Crippen molar-refractivity contribution >= 4 is 28.7 Å². The first-order chi connectivity index (χ1) is 7.66. The number of nitrogens with one attached hydrogen (secondary N) is 1. The molecule has 4 heteroatoms. The Morgan fingerprint density at radius 3 is 2.69 bits per heavy atom. The average molecular weight is 233 g/mol. The van der Waals surface area contributed by atoms with Crippen LogP contribution in [0.4, 0.5) is 11.4 Å². The number of benzene rings is 1. The molecule has 0 aliphatic carbocycles. The number of carboxylic acid groups (broad SMARTS) is 1. The topological polar surface area (TPSA) is 49.3 Å². The van der Waals surface area contributed by atoms with Crippen LogP contribution in [0, 0.1) is 6.92 Å². The Labute approximate surface area is 97.4 Å². The lowest BCUT2D eigenvalue weighted by atomic mass is 10.1. The molecule has 1 heterocycles. The fourth-order valence-corrected chi connectivity index (χ4v) is 2.07. The van der Waals surface area contributed by atoms with Gasteiger partial charge in [-0.3, -0.25) is 0 Å². The summed E-state index contributed by atoms with van der Waals surface area (Å²) in [5.41, 5.74) is 3.02. The molecule has 2 aromatic rings. The summed E-state index contributed by atoms with van der Waals surface area (Å²) in [4.78, 5) is 10.8. The number of thiophene rings is 1. The molecule has 0 radical (unpaired) electrons. The molecule has 0 aliphatic heterocycles. The lowest BCUT2D eigenvalue weighted by Gasteiger charge is -2.06. The van der Waals surface area contributed by atoms with Gasteiger partial charge >= 0.3 is 5.97 Å². The zero-order valence-corrected chi connectivity index (χ0v) is 9.54. The zero-order valence-electron chi connectivity index (χ0n) is 8.73. The lowest BCUT2D eigenvalue weighted by Crippen LogP contribution is -2.00. The number of aromatic carboxylic acids is 1. The molecule has 16 heavy (non-hydrogen) atoms. The van der Waals surface area contributed by atoms with Crippen LogP contribution >= 0.6 is 11.3 Å². The number of hydrogen-bond acceptors (Lipinski definition) is 3. The lowest BCUT2D eigenvalue weighted by molar-refractivity contribution is 0.0696. The maximum Gasteiger partial charge on any atom is 0.335 e. The molecule has 0 atom stereocenters. The van der Waals surface area contributed by atoms with Crippen LogP contribution in [0.3, 0.4) is 0 Å². The number of hydrogen-bond donors (Lipinski definition) is 2. The summed E-state index contributed by atoms with van der Waals surface area (Å²) < 4.78 is 0. The number of carboxylic acids is 1. The van der Waals surface area contributed by atoms with Gasteiger partial charge in [0.1, 0.15) is 0 Å². The highest BCUT2D eigenvalue weighted by Gasteiger charge is 2.06. The van der Waals surface area contributed by atoms with Crippen molar-refractivity contribution in [2.45, 2.75) is 6.92 Å². The monoisotopic (exact) mass is 233 g/mol. The number of anilines is 2. The van der Waals surface area contributed by atoms with Crippen molar-refractivity contribution in [3.05, 3.63) is 46.2 Å². The Morgan fingerprint density at radius 2 is 2.12 bits per heavy atom. The first kappa shape index (κ1) is 10.7. The van der Waals surface area contributed by atoms with E-state index in [4.69, 9.17) is 5.11 Å². The average Bonchev–Trinajstić information content (AvgIpc) is 2.70. The fraction of sp³-hybridized carbons (Fsp3) is 0.0833. The minimum Gasteiger partial charge on any atom is -0.478 e. The molecule has 2 rings (SSSR count). The Kier molecular flexibility index (Phi) is 2.92. The van der Waals surface area contributed by atoms with Gasteiger partial charge in [0.15, 0.2) is 0 Å². The third-order valence-electron chi connectivity index (χ3n) is 2.27. The van der Waals surface area contributed by atoms with E-state index < -0.39 is 5.97 Å². The second-order valence-electron chi connectivity index (χ2n) is 3.47. The van der Waals surface area contributed by atoms with Gasteiger partial charge in [-0.25, -0.2) is 4.79 Å². The van der Waals surface area contributed by atoms with Gasteiger partial charge in [0, 0.05) is 16.8 Å². The maximum absolute atomic E-state index is 10.8. The van der Waals surface area contributed by atoms with Crippen molar-refractivity contribution in [2.75, 3.05) is 5.32 Å². The molecule has 0 unspecified atom stereocenters. The molecule has 0 amide bonds. The Morgan fingerprint density at radius 1 is 1.31 bits per heavy atom. The Bertz CT molecular complexity index is 506. The largest absolute Gasteiger partial charge is 0.478 e. The third-order valence-corrected chi connectivity index (χ3v) is 2.95. The molecule has 1 aromatic carbocycles. The second kappa shape index (κ2) is 4.37. The van der Waals surface area contributed by atoms with Crippen molar-refractivity contribution in [3.63, 3.8) is 0 Å². The summed E-state index contributed by atoms with van der Waals surface area (Å²) in [6, 6.07) is 7.20. The third kappa shape index (κ3) is 2.23. The van der Waals surface area contributed by atoms with Crippen LogP contribution in [-0.4, -0.2) is 11.1 Å². The van der Waals surface area contributed by atoms with Crippen molar-refractivity contribution in [3.8, 4) is 0 Å². The number of carbonyl (C=O) groups is 1. The van der Waals surface area contributed by atoms with E-state index in [1.54, 1.807) is 30.4 Å². The first-order valence-corrected chi connectivity index (χ1v) is 5.74. The highest BCUT2D eigenvalue weighted by Crippen LogP contribution is 2.21. The maximum atomic E-state index is 10.8. The summed E-state index contributed by atoms with van der Waals surface area (Å²) in [7, 11) is 0. The van der Waals surface area contributed by atoms with Gasteiger partial charge in [0.05, 0.1) is 5.56 Å². The molecule has 2 N–H and O–H groups in total. The van der Waals surface area contributed by atoms with Crippen LogP contribution < -0.4 is 5.32 Å². The van der Waals surface area contributed by atoms with Crippen LogP contribution in [0.1, 0.15) is 15.9 Å². The highest BCUT2D eigenvalue weighted by atomic mass is 32.1. The smallest absolute Gasteiger partial charge is 0.335 e. The molecular formula is C12H11NO2S. The van der Waals surface area contributed by atoms with Crippen molar-refractivity contribution in [1.82, 2.24) is 0 Å². The number of rotatable bonds is 3. The number of aryl methyl sites for hydroxylation is 1. The highest BCUT2D eigenvalue weighted by molar-refractivity contribution is 7.08. The van der Waals surface area contributed by atoms with E-state index in [1.165, 1.54) is 0 Å². The molecule has 0 saturated carbocycles. The van der Waals surface area contributed by atoms with Gasteiger partial charge in [0.25, 0.3) is 0 Å². The molecule has 0 bridgehead atoms. The van der Waals surface area contributed by atoms with Crippen LogP contribution in [0.5, 0.6) is 0 Å². The predicted octanol–water partition coefficient (Wildman–Crippen LogP) is 3.50. The molecule has 0 spiro atoms. The normalized spacial score (nSPS) is 10.1. The van der Waals surface area contributed by atoms with Crippen LogP contribution in [0.25, 0.3) is 0 Å². The quantitative estimate of drug-likeness (QED) is 0.853. The predicted molar refractivity (Wildman–Crippen MR) is 65.7 cm³/mol. The van der Waals surface area contributed by atoms with E-state index in [-0.39, 0.29) is 0 Å². The summed E-state index contributed by atoms with van der Waals surface area (Å²) in [6.45, 7) is 1.79. The van der Waals surface area contributed by atoms with Crippen LogP contribution in [0.2, 0.25) is 0 Å². The fourth-order valence-electron chi connectivity index (χ4n) is 1.48. The van der Waals surface area contributed by atoms with E-state index >= 15 is 0 Å². The van der Waals surface area contributed by atoms with E-state index in [0.717, 1.165) is 16.9 Å². The Hall–Kier alpha value is -1.81. The van der Waals surface area contributed by atoms with Crippen LogP contribution in [-0.2, 0) is 0 Å². The van der Waals surface area contributed by atoms with Crippen molar-refractivity contribution in [2.24, 2.45) is 0 Å². The SMILES string of the molecule is Cc1cc(Nc2ccsc2)ccc1C(=O)O. The molecule has 82 valence electrons. The van der Waals surface area contributed by atoms with Gasteiger partial charge in [-0.05, 0) is 42.1 Å². The molecule has 0 fully saturated rings. The van der Waals surface area contributed by atoms with Gasteiger partial charge in [-0.2, -0.15) is 11.3 Å². The van der Waals surface area contributed by atoms with Gasteiger partial charge in [-0.1, -0.05) is 0 Å². The van der Waals surface area contributed by atoms with Gasteiger partial charge in [-0.15, -0.1) is 0 Å². The molecule has 0 saturated heterocycles. The minimum atomic E-state index is -0.889. The van der Waals surface area contributed by atoms with Crippen LogP contribution in [0.15, 0.2) is 35.0 Å². The summed E-state index contributed by atoms with van der Waals surface area (Å²) >= 11 is 1.61. The van der Waals surface area contributed by atoms with Crippen molar-refractivity contribution < 1.29 is 9.90 Å². The van der Waals surface area contributed by atoms with E-state index in [0.29, 0.717) is 5.56 Å². The molecule has 1 aromatic heterocycles. The second-order valence-corrected chi connectivity index (χ2v) is 4.25. The Balaban J connectivity index is 2.24. The molecule has 0 aliphatic rings. The first-order valence-electron chi connectivity index (χ1n) is 4.80.